The number of hydrogen-bond donors (Lipinski definition) is 1. The Morgan fingerprint density at radius 3 is 2.50 bits per heavy atom. The number of hydrogen-bond acceptors (Lipinski definition) is 6. The lowest BCUT2D eigenvalue weighted by molar-refractivity contribution is -0.130. The van der Waals surface area contributed by atoms with Gasteiger partial charge in [0.25, 0.3) is 5.91 Å². The molecular weight excluding hydrogens is 330 g/mol. The monoisotopic (exact) mass is 349 g/mol. The molecule has 1 saturated heterocycles. The first kappa shape index (κ1) is 16.7. The molecule has 1 atom stereocenters. The maximum Gasteiger partial charge on any atom is 0.260 e. The van der Waals surface area contributed by atoms with E-state index in [2.05, 4.69) is 5.16 Å². The Balaban J connectivity index is 1.89. The summed E-state index contributed by atoms with van der Waals surface area (Å²) in [7, 11) is 0. The Morgan fingerprint density at radius 2 is 1.96 bits per heavy atom. The van der Waals surface area contributed by atoms with Crippen LogP contribution >= 0.6 is 11.3 Å². The molecule has 2 amide bonds. The minimum atomic E-state index is -0.927. The van der Waals surface area contributed by atoms with Crippen molar-refractivity contribution in [3.63, 3.8) is 0 Å². The van der Waals surface area contributed by atoms with Crippen molar-refractivity contribution in [3.05, 3.63) is 28.8 Å². The van der Waals surface area contributed by atoms with Crippen LogP contribution < -0.4 is 0 Å². The van der Waals surface area contributed by atoms with E-state index in [-0.39, 0.29) is 17.6 Å². The van der Waals surface area contributed by atoms with E-state index in [1.54, 1.807) is 16.7 Å². The molecule has 1 unspecified atom stereocenters. The average Bonchev–Trinajstić information content (AvgIpc) is 3.23. The van der Waals surface area contributed by atoms with Crippen molar-refractivity contribution in [3.8, 4) is 10.6 Å². The summed E-state index contributed by atoms with van der Waals surface area (Å²) < 4.78 is 5.25. The number of thiophene rings is 1. The molecule has 0 spiro atoms. The molecule has 24 heavy (non-hydrogen) atoms. The van der Waals surface area contributed by atoms with Crippen LogP contribution in [0.3, 0.4) is 0 Å². The van der Waals surface area contributed by atoms with Crippen LogP contribution in [-0.2, 0) is 4.79 Å². The first-order valence-corrected chi connectivity index (χ1v) is 8.63. The van der Waals surface area contributed by atoms with Crippen LogP contribution in [-0.4, -0.2) is 58.1 Å². The van der Waals surface area contributed by atoms with Crippen molar-refractivity contribution in [2.75, 3.05) is 26.2 Å². The number of amides is 2. The van der Waals surface area contributed by atoms with Gasteiger partial charge in [0.05, 0.1) is 4.88 Å². The van der Waals surface area contributed by atoms with E-state index >= 15 is 0 Å². The van der Waals surface area contributed by atoms with Crippen molar-refractivity contribution in [1.29, 1.82) is 0 Å². The summed E-state index contributed by atoms with van der Waals surface area (Å²) in [5.41, 5.74) is 0.767. The van der Waals surface area contributed by atoms with Gasteiger partial charge in [0.2, 0.25) is 5.91 Å². The first-order chi connectivity index (χ1) is 11.5. The zero-order valence-corrected chi connectivity index (χ0v) is 14.4. The van der Waals surface area contributed by atoms with Crippen molar-refractivity contribution >= 4 is 23.2 Å². The van der Waals surface area contributed by atoms with E-state index in [0.717, 1.165) is 4.88 Å². The number of aliphatic hydroxyl groups excluding tert-OH is 1. The second-order valence-electron chi connectivity index (χ2n) is 5.72. The fraction of sp³-hybridized carbons (Fsp3) is 0.438. The van der Waals surface area contributed by atoms with E-state index in [1.807, 2.05) is 17.5 Å². The van der Waals surface area contributed by atoms with Gasteiger partial charge in [-0.25, -0.2) is 0 Å². The van der Waals surface area contributed by atoms with Crippen molar-refractivity contribution in [2.45, 2.75) is 20.0 Å². The zero-order chi connectivity index (χ0) is 17.3. The van der Waals surface area contributed by atoms with Gasteiger partial charge in [-0.15, -0.1) is 11.3 Å². The van der Waals surface area contributed by atoms with Gasteiger partial charge in [0.15, 0.2) is 5.76 Å². The number of aliphatic hydroxyl groups is 1. The molecule has 1 N–H and O–H groups in total. The molecular formula is C16H19N3O4S. The first-order valence-electron chi connectivity index (χ1n) is 7.75. The van der Waals surface area contributed by atoms with Crippen LogP contribution in [0, 0.1) is 0 Å². The summed E-state index contributed by atoms with van der Waals surface area (Å²) in [6, 6.07) is 3.73. The fourth-order valence-electron chi connectivity index (χ4n) is 2.76. The highest BCUT2D eigenvalue weighted by molar-refractivity contribution is 7.13. The van der Waals surface area contributed by atoms with E-state index in [9.17, 15) is 14.7 Å². The molecule has 1 aliphatic heterocycles. The lowest BCUT2D eigenvalue weighted by Crippen LogP contribution is -2.50. The lowest BCUT2D eigenvalue weighted by atomic mass is 10.1. The predicted octanol–water partition coefficient (Wildman–Crippen LogP) is 1.76. The molecule has 3 heterocycles. The lowest BCUT2D eigenvalue weighted by Gasteiger charge is -2.34. The fourth-order valence-corrected chi connectivity index (χ4v) is 3.47. The van der Waals surface area contributed by atoms with Crippen molar-refractivity contribution in [1.82, 2.24) is 15.0 Å². The van der Waals surface area contributed by atoms with Crippen LogP contribution in [0.25, 0.3) is 10.6 Å². The highest BCUT2D eigenvalue weighted by atomic mass is 32.1. The van der Waals surface area contributed by atoms with E-state index < -0.39 is 6.10 Å². The van der Waals surface area contributed by atoms with E-state index in [1.165, 1.54) is 18.3 Å². The maximum absolute atomic E-state index is 13.0. The molecule has 0 aromatic carbocycles. The molecule has 128 valence electrons. The molecule has 7 nitrogen and oxygen atoms in total. The maximum atomic E-state index is 13.0. The molecule has 0 saturated carbocycles. The number of rotatable bonds is 3. The van der Waals surface area contributed by atoms with E-state index in [0.29, 0.717) is 37.4 Å². The summed E-state index contributed by atoms with van der Waals surface area (Å²) in [5, 5.41) is 15.8. The Bertz CT molecular complexity index is 731. The molecule has 1 fully saturated rings. The molecule has 3 rings (SSSR count). The second-order valence-corrected chi connectivity index (χ2v) is 6.67. The third kappa shape index (κ3) is 3.07. The van der Waals surface area contributed by atoms with Gasteiger partial charge in [-0.3, -0.25) is 9.59 Å². The van der Waals surface area contributed by atoms with Crippen molar-refractivity contribution < 1.29 is 19.2 Å². The van der Waals surface area contributed by atoms with Gasteiger partial charge >= 0.3 is 0 Å². The SMILES string of the molecule is CC(=O)N1CCN(C(=O)c2c(-c3cccs3)noc2C(C)O)CC1. The molecule has 8 heteroatoms. The topological polar surface area (TPSA) is 86.9 Å². The van der Waals surface area contributed by atoms with Gasteiger partial charge in [-0.05, 0) is 18.4 Å². The molecule has 1 aliphatic rings. The van der Waals surface area contributed by atoms with Gasteiger partial charge in [-0.1, -0.05) is 11.2 Å². The second kappa shape index (κ2) is 6.74. The zero-order valence-electron chi connectivity index (χ0n) is 13.6. The third-order valence-corrected chi connectivity index (χ3v) is 4.96. The Labute approximate surface area is 143 Å². The minimum Gasteiger partial charge on any atom is -0.385 e. The van der Waals surface area contributed by atoms with Gasteiger partial charge in [0.1, 0.15) is 17.4 Å². The van der Waals surface area contributed by atoms with Crippen LogP contribution in [0.1, 0.15) is 36.1 Å². The Morgan fingerprint density at radius 1 is 1.29 bits per heavy atom. The third-order valence-electron chi connectivity index (χ3n) is 4.08. The Kier molecular flexibility index (Phi) is 4.68. The minimum absolute atomic E-state index is 0.0102. The number of piperazine rings is 1. The predicted molar refractivity (Wildman–Crippen MR) is 88.6 cm³/mol. The largest absolute Gasteiger partial charge is 0.385 e. The quantitative estimate of drug-likeness (QED) is 0.912. The van der Waals surface area contributed by atoms with Crippen molar-refractivity contribution in [2.24, 2.45) is 0 Å². The number of carbonyl (C=O) groups excluding carboxylic acids is 2. The summed E-state index contributed by atoms with van der Waals surface area (Å²) in [6.07, 6.45) is -0.927. The summed E-state index contributed by atoms with van der Waals surface area (Å²) >= 11 is 1.46. The summed E-state index contributed by atoms with van der Waals surface area (Å²) in [5.74, 6) is -0.0350. The van der Waals surface area contributed by atoms with Crippen LogP contribution in [0.2, 0.25) is 0 Å². The normalized spacial score (nSPS) is 16.3. The molecule has 2 aromatic heterocycles. The Hall–Kier alpha value is -2.19. The molecule has 0 aliphatic carbocycles. The van der Waals surface area contributed by atoms with Crippen LogP contribution in [0.15, 0.2) is 22.0 Å². The van der Waals surface area contributed by atoms with Gasteiger partial charge < -0.3 is 19.4 Å². The molecule has 2 aromatic rings. The van der Waals surface area contributed by atoms with Gasteiger partial charge in [0, 0.05) is 33.1 Å². The highest BCUT2D eigenvalue weighted by Crippen LogP contribution is 2.32. The number of nitrogens with zero attached hydrogens (tertiary/aromatic N) is 3. The average molecular weight is 349 g/mol. The summed E-state index contributed by atoms with van der Waals surface area (Å²) in [4.78, 5) is 28.6. The number of aromatic nitrogens is 1. The van der Waals surface area contributed by atoms with Gasteiger partial charge in [-0.2, -0.15) is 0 Å². The number of carbonyl (C=O) groups is 2. The van der Waals surface area contributed by atoms with E-state index in [4.69, 9.17) is 4.52 Å². The summed E-state index contributed by atoms with van der Waals surface area (Å²) in [6.45, 7) is 4.98. The standard InChI is InChI=1S/C16H19N3O4S/c1-10(20)15-13(14(17-23-15)12-4-3-9-24-12)16(22)19-7-5-18(6-8-19)11(2)21/h3-4,9-10,20H,5-8H2,1-2H3. The smallest absolute Gasteiger partial charge is 0.260 e. The molecule has 0 bridgehead atoms. The highest BCUT2D eigenvalue weighted by Gasteiger charge is 2.32. The van der Waals surface area contributed by atoms with Crippen LogP contribution in [0.4, 0.5) is 0 Å². The molecule has 0 radical (unpaired) electrons. The van der Waals surface area contributed by atoms with Crippen LogP contribution in [0.5, 0.6) is 0 Å².